The predicted octanol–water partition coefficient (Wildman–Crippen LogP) is 1.24. The fourth-order valence-corrected chi connectivity index (χ4v) is 4.17. The first kappa shape index (κ1) is 14.0. The van der Waals surface area contributed by atoms with Crippen molar-refractivity contribution in [3.8, 4) is 0 Å². The van der Waals surface area contributed by atoms with Crippen LogP contribution in [0.2, 0.25) is 19.6 Å². The minimum atomic E-state index is -1.59. The van der Waals surface area contributed by atoms with Crippen molar-refractivity contribution in [3.05, 3.63) is 41.6 Å². The molecule has 2 heterocycles. The zero-order valence-electron chi connectivity index (χ0n) is 12.6. The van der Waals surface area contributed by atoms with Crippen LogP contribution in [0.25, 0.3) is 0 Å². The first-order valence-corrected chi connectivity index (χ1v) is 10.7. The topological polar surface area (TPSA) is 59.8 Å². The molecule has 2 aromatic rings. The highest BCUT2D eigenvalue weighted by molar-refractivity contribution is 6.88. The Hall–Kier alpha value is -1.95. The van der Waals surface area contributed by atoms with Gasteiger partial charge in [0.1, 0.15) is 14.6 Å². The Morgan fingerprint density at radius 3 is 2.67 bits per heavy atom. The number of rotatable bonds is 3. The van der Waals surface area contributed by atoms with Gasteiger partial charge in [0.25, 0.3) is 0 Å². The number of fused-ring (bicyclic) bond motifs is 1. The number of carbonyl (C=O) groups is 1. The molecule has 0 fully saturated rings. The van der Waals surface area contributed by atoms with Crippen molar-refractivity contribution in [2.75, 3.05) is 0 Å². The van der Waals surface area contributed by atoms with Crippen molar-refractivity contribution < 1.29 is 4.79 Å². The summed E-state index contributed by atoms with van der Waals surface area (Å²) in [5, 5.41) is 12.8. The number of aromatic nitrogens is 3. The lowest BCUT2D eigenvalue weighted by Crippen LogP contribution is -2.48. The lowest BCUT2D eigenvalue weighted by atomic mass is 10.0. The highest BCUT2D eigenvalue weighted by Gasteiger charge is 2.34. The number of hydrogen-bond acceptors (Lipinski definition) is 3. The smallest absolute Gasteiger partial charge is 0.242 e. The summed E-state index contributed by atoms with van der Waals surface area (Å²) in [5.41, 5.74) is 2.30. The lowest BCUT2D eigenvalue weighted by molar-refractivity contribution is -0.123. The third-order valence-electron chi connectivity index (χ3n) is 3.73. The van der Waals surface area contributed by atoms with E-state index in [4.69, 9.17) is 0 Å². The van der Waals surface area contributed by atoms with Crippen molar-refractivity contribution >= 4 is 19.3 Å². The normalized spacial score (nSPS) is 18.2. The van der Waals surface area contributed by atoms with E-state index in [9.17, 15) is 4.79 Å². The van der Waals surface area contributed by atoms with Crippen LogP contribution in [0.1, 0.15) is 17.3 Å². The Bertz CT molecular complexity index is 660. The maximum Gasteiger partial charge on any atom is 0.242 e. The first-order valence-electron chi connectivity index (χ1n) is 7.22. The van der Waals surface area contributed by atoms with Crippen LogP contribution >= 0.6 is 0 Å². The monoisotopic (exact) mass is 300 g/mol. The number of benzene rings is 1. The third kappa shape index (κ3) is 2.76. The van der Waals surface area contributed by atoms with Crippen LogP contribution in [-0.4, -0.2) is 29.0 Å². The molecule has 1 aliphatic heterocycles. The Balaban J connectivity index is 2.00. The third-order valence-corrected chi connectivity index (χ3v) is 5.50. The van der Waals surface area contributed by atoms with E-state index in [1.807, 2.05) is 18.2 Å². The molecule has 1 aliphatic rings. The van der Waals surface area contributed by atoms with Gasteiger partial charge in [-0.25, -0.2) is 4.68 Å². The van der Waals surface area contributed by atoms with E-state index < -0.39 is 8.07 Å². The molecule has 3 rings (SSSR count). The second kappa shape index (κ2) is 5.11. The average Bonchev–Trinajstić information content (AvgIpc) is 2.83. The molecule has 6 heteroatoms. The summed E-state index contributed by atoms with van der Waals surface area (Å²) in [7, 11) is -1.59. The molecule has 1 N–H and O–H groups in total. The molecule has 1 aromatic heterocycles. The fraction of sp³-hybridized carbons (Fsp3) is 0.400. The van der Waals surface area contributed by atoms with Crippen molar-refractivity contribution in [1.82, 2.24) is 20.3 Å². The summed E-state index contributed by atoms with van der Waals surface area (Å²) in [4.78, 5) is 11.9. The Morgan fingerprint density at radius 1 is 1.29 bits per heavy atom. The second-order valence-corrected chi connectivity index (χ2v) is 11.5. The van der Waals surface area contributed by atoms with Crippen LogP contribution in [0, 0.1) is 0 Å². The average molecular weight is 300 g/mol. The Labute approximate surface area is 125 Å². The SMILES string of the molecule is C[Si](C)(C)c1nnn2c1C(Cc1ccccc1)NC(=O)C2. The molecular formula is C15H20N4OSi. The van der Waals surface area contributed by atoms with Gasteiger partial charge >= 0.3 is 0 Å². The van der Waals surface area contributed by atoms with Crippen LogP contribution in [0.5, 0.6) is 0 Å². The van der Waals surface area contributed by atoms with Crippen molar-refractivity contribution in [3.63, 3.8) is 0 Å². The zero-order valence-corrected chi connectivity index (χ0v) is 13.6. The number of carbonyl (C=O) groups excluding carboxylic acids is 1. The van der Waals surface area contributed by atoms with E-state index >= 15 is 0 Å². The maximum absolute atomic E-state index is 11.9. The van der Waals surface area contributed by atoms with E-state index in [0.717, 1.165) is 17.4 Å². The van der Waals surface area contributed by atoms with E-state index in [0.29, 0.717) is 0 Å². The fourth-order valence-electron chi connectivity index (χ4n) is 2.76. The van der Waals surface area contributed by atoms with E-state index in [1.165, 1.54) is 5.56 Å². The lowest BCUT2D eigenvalue weighted by Gasteiger charge is -2.27. The van der Waals surface area contributed by atoms with E-state index in [1.54, 1.807) is 4.68 Å². The van der Waals surface area contributed by atoms with Crippen LogP contribution in [0.15, 0.2) is 30.3 Å². The molecular weight excluding hydrogens is 280 g/mol. The van der Waals surface area contributed by atoms with Gasteiger partial charge in [0.05, 0.1) is 17.1 Å². The quantitative estimate of drug-likeness (QED) is 0.868. The van der Waals surface area contributed by atoms with Gasteiger partial charge in [0, 0.05) is 0 Å². The number of amides is 1. The minimum absolute atomic E-state index is 0.00968. The summed E-state index contributed by atoms with van der Waals surface area (Å²) < 4.78 is 1.78. The summed E-state index contributed by atoms with van der Waals surface area (Å²) >= 11 is 0. The van der Waals surface area contributed by atoms with Crippen LogP contribution in [0.3, 0.4) is 0 Å². The molecule has 0 radical (unpaired) electrons. The van der Waals surface area contributed by atoms with Gasteiger partial charge in [-0.15, -0.1) is 5.10 Å². The van der Waals surface area contributed by atoms with Crippen LogP contribution in [0.4, 0.5) is 0 Å². The summed E-state index contributed by atoms with van der Waals surface area (Å²) in [5.74, 6) is 0.00968. The van der Waals surface area contributed by atoms with Crippen LogP contribution < -0.4 is 10.6 Å². The second-order valence-electron chi connectivity index (χ2n) is 6.54. The molecule has 0 saturated heterocycles. The van der Waals surface area contributed by atoms with Crippen molar-refractivity contribution in [1.29, 1.82) is 0 Å². The molecule has 0 saturated carbocycles. The van der Waals surface area contributed by atoms with Gasteiger partial charge in [0.2, 0.25) is 5.91 Å². The zero-order chi connectivity index (χ0) is 15.0. The molecule has 21 heavy (non-hydrogen) atoms. The van der Waals surface area contributed by atoms with Gasteiger partial charge in [-0.1, -0.05) is 55.2 Å². The summed E-state index contributed by atoms with van der Waals surface area (Å²) in [6.45, 7) is 7.05. The predicted molar refractivity (Wildman–Crippen MR) is 84.0 cm³/mol. The van der Waals surface area contributed by atoms with Gasteiger partial charge in [-0.2, -0.15) is 0 Å². The number of nitrogens with one attached hydrogen (secondary N) is 1. The molecule has 0 bridgehead atoms. The Kier molecular flexibility index (Phi) is 3.41. The number of nitrogens with zero attached hydrogens (tertiary/aromatic N) is 3. The first-order chi connectivity index (χ1) is 9.95. The van der Waals surface area contributed by atoms with Gasteiger partial charge in [0.15, 0.2) is 0 Å². The van der Waals surface area contributed by atoms with E-state index in [2.05, 4.69) is 47.4 Å². The molecule has 1 aromatic carbocycles. The summed E-state index contributed by atoms with van der Waals surface area (Å²) in [6, 6.07) is 10.2. The molecule has 1 amide bonds. The van der Waals surface area contributed by atoms with Gasteiger partial charge in [-0.05, 0) is 12.0 Å². The molecule has 1 unspecified atom stereocenters. The molecule has 1 atom stereocenters. The van der Waals surface area contributed by atoms with Gasteiger partial charge < -0.3 is 5.32 Å². The minimum Gasteiger partial charge on any atom is -0.346 e. The van der Waals surface area contributed by atoms with E-state index in [-0.39, 0.29) is 18.5 Å². The standard InChI is InChI=1S/C15H20N4OSi/c1-21(2,3)15-14-12(9-11-7-5-4-6-8-11)16-13(20)10-19(14)18-17-15/h4-8,12H,9-10H2,1-3H3,(H,16,20). The van der Waals surface area contributed by atoms with Crippen LogP contribution in [-0.2, 0) is 17.8 Å². The van der Waals surface area contributed by atoms with Crippen molar-refractivity contribution in [2.24, 2.45) is 0 Å². The molecule has 110 valence electrons. The largest absolute Gasteiger partial charge is 0.346 e. The highest BCUT2D eigenvalue weighted by Crippen LogP contribution is 2.21. The van der Waals surface area contributed by atoms with Crippen molar-refractivity contribution in [2.45, 2.75) is 38.6 Å². The number of hydrogen-bond donors (Lipinski definition) is 1. The molecule has 0 spiro atoms. The highest BCUT2D eigenvalue weighted by atomic mass is 28.3. The molecule has 5 nitrogen and oxygen atoms in total. The van der Waals surface area contributed by atoms with Gasteiger partial charge in [-0.3, -0.25) is 4.79 Å². The Morgan fingerprint density at radius 2 is 2.00 bits per heavy atom. The molecule has 0 aliphatic carbocycles. The summed E-state index contributed by atoms with van der Waals surface area (Å²) in [6.07, 6.45) is 0.775. The maximum atomic E-state index is 11.9.